The number of nitrogens with two attached hydrogens (primary N) is 1. The molecule has 0 aliphatic carbocycles. The van der Waals surface area contributed by atoms with Gasteiger partial charge in [0.1, 0.15) is 5.69 Å². The standard InChI is InChI=1S/C16H14ClN3O/c1-2-10-3-5-11(6-4-10)13-7-8-14-12(17)9-15(16(18)21)20(14)19-13/h3-9H,2H2,1H3,(H2,18,21). The number of hydrogen-bond acceptors (Lipinski definition) is 2. The van der Waals surface area contributed by atoms with E-state index in [-0.39, 0.29) is 5.69 Å². The number of primary amides is 1. The highest BCUT2D eigenvalue weighted by molar-refractivity contribution is 6.34. The molecule has 0 aliphatic rings. The third-order valence-corrected chi connectivity index (χ3v) is 3.78. The number of rotatable bonds is 3. The molecule has 0 bridgehead atoms. The van der Waals surface area contributed by atoms with Crippen molar-refractivity contribution in [1.29, 1.82) is 0 Å². The van der Waals surface area contributed by atoms with Gasteiger partial charge >= 0.3 is 0 Å². The summed E-state index contributed by atoms with van der Waals surface area (Å²) in [4.78, 5) is 11.5. The van der Waals surface area contributed by atoms with E-state index >= 15 is 0 Å². The lowest BCUT2D eigenvalue weighted by Gasteiger charge is -2.05. The zero-order chi connectivity index (χ0) is 15.0. The van der Waals surface area contributed by atoms with Crippen molar-refractivity contribution in [3.05, 3.63) is 58.7 Å². The van der Waals surface area contributed by atoms with Gasteiger partial charge in [0.2, 0.25) is 0 Å². The Labute approximate surface area is 127 Å². The Hall–Kier alpha value is -2.33. The molecule has 21 heavy (non-hydrogen) atoms. The number of halogens is 1. The highest BCUT2D eigenvalue weighted by atomic mass is 35.5. The second kappa shape index (κ2) is 5.22. The summed E-state index contributed by atoms with van der Waals surface area (Å²) in [7, 11) is 0. The van der Waals surface area contributed by atoms with E-state index in [1.54, 1.807) is 0 Å². The van der Waals surface area contributed by atoms with Crippen molar-refractivity contribution in [3.63, 3.8) is 0 Å². The van der Waals surface area contributed by atoms with Crippen molar-refractivity contribution < 1.29 is 4.79 Å². The van der Waals surface area contributed by atoms with E-state index in [4.69, 9.17) is 17.3 Å². The summed E-state index contributed by atoms with van der Waals surface area (Å²) in [5.41, 5.74) is 9.32. The Morgan fingerprint density at radius 1 is 1.24 bits per heavy atom. The fourth-order valence-electron chi connectivity index (χ4n) is 2.28. The summed E-state index contributed by atoms with van der Waals surface area (Å²) < 4.78 is 1.49. The van der Waals surface area contributed by atoms with Crippen LogP contribution in [0.3, 0.4) is 0 Å². The van der Waals surface area contributed by atoms with Crippen LogP contribution in [0.25, 0.3) is 16.8 Å². The minimum atomic E-state index is -0.553. The van der Waals surface area contributed by atoms with E-state index in [0.29, 0.717) is 10.5 Å². The van der Waals surface area contributed by atoms with E-state index in [2.05, 4.69) is 24.2 Å². The van der Waals surface area contributed by atoms with Crippen LogP contribution in [0.5, 0.6) is 0 Å². The summed E-state index contributed by atoms with van der Waals surface area (Å²) in [5, 5.41) is 4.94. The van der Waals surface area contributed by atoms with Gasteiger partial charge in [-0.3, -0.25) is 4.79 Å². The molecule has 0 atom stereocenters. The van der Waals surface area contributed by atoms with E-state index in [9.17, 15) is 4.79 Å². The van der Waals surface area contributed by atoms with Gasteiger partial charge in [0.05, 0.1) is 16.2 Å². The molecule has 1 amide bonds. The lowest BCUT2D eigenvalue weighted by molar-refractivity contribution is 0.0994. The normalized spacial score (nSPS) is 11.0. The molecule has 2 heterocycles. The molecule has 106 valence electrons. The predicted molar refractivity (Wildman–Crippen MR) is 83.5 cm³/mol. The average molecular weight is 300 g/mol. The number of hydrogen-bond donors (Lipinski definition) is 1. The Kier molecular flexibility index (Phi) is 3.39. The second-order valence-electron chi connectivity index (χ2n) is 4.81. The molecule has 0 radical (unpaired) electrons. The van der Waals surface area contributed by atoms with Crippen LogP contribution in [0.4, 0.5) is 0 Å². The number of nitrogens with zero attached hydrogens (tertiary/aromatic N) is 2. The number of benzene rings is 1. The van der Waals surface area contributed by atoms with Crippen molar-refractivity contribution in [3.8, 4) is 11.3 Å². The van der Waals surface area contributed by atoms with Gasteiger partial charge in [-0.1, -0.05) is 42.8 Å². The van der Waals surface area contributed by atoms with Crippen LogP contribution in [-0.4, -0.2) is 15.5 Å². The number of carbonyl (C=O) groups is 1. The highest BCUT2D eigenvalue weighted by Crippen LogP contribution is 2.24. The maximum Gasteiger partial charge on any atom is 0.267 e. The van der Waals surface area contributed by atoms with Crippen LogP contribution >= 0.6 is 11.6 Å². The molecule has 1 aromatic carbocycles. The lowest BCUT2D eigenvalue weighted by atomic mass is 10.1. The fourth-order valence-corrected chi connectivity index (χ4v) is 2.53. The molecule has 0 unspecified atom stereocenters. The van der Waals surface area contributed by atoms with Gasteiger partial charge in [-0.15, -0.1) is 0 Å². The second-order valence-corrected chi connectivity index (χ2v) is 5.22. The number of aryl methyl sites for hydroxylation is 1. The average Bonchev–Trinajstić information content (AvgIpc) is 2.84. The van der Waals surface area contributed by atoms with Crippen molar-refractivity contribution >= 4 is 23.0 Å². The Morgan fingerprint density at radius 2 is 1.95 bits per heavy atom. The summed E-state index contributed by atoms with van der Waals surface area (Å²) in [5.74, 6) is -0.553. The van der Waals surface area contributed by atoms with E-state index in [0.717, 1.165) is 17.7 Å². The van der Waals surface area contributed by atoms with E-state index in [1.807, 2.05) is 24.3 Å². The monoisotopic (exact) mass is 299 g/mol. The first-order valence-electron chi connectivity index (χ1n) is 6.67. The molecule has 0 fully saturated rings. The largest absolute Gasteiger partial charge is 0.364 e. The third-order valence-electron chi connectivity index (χ3n) is 3.48. The van der Waals surface area contributed by atoms with Crippen molar-refractivity contribution in [2.45, 2.75) is 13.3 Å². The van der Waals surface area contributed by atoms with E-state index in [1.165, 1.54) is 16.1 Å². The molecule has 0 saturated carbocycles. The molecular weight excluding hydrogens is 286 g/mol. The first-order valence-corrected chi connectivity index (χ1v) is 7.05. The molecule has 4 nitrogen and oxygen atoms in total. The molecule has 3 rings (SSSR count). The first kappa shape index (κ1) is 13.6. The molecule has 0 aliphatic heterocycles. The maximum absolute atomic E-state index is 11.5. The van der Waals surface area contributed by atoms with Crippen molar-refractivity contribution in [2.75, 3.05) is 0 Å². The zero-order valence-electron chi connectivity index (χ0n) is 11.5. The quantitative estimate of drug-likeness (QED) is 0.806. The van der Waals surface area contributed by atoms with Crippen LogP contribution < -0.4 is 5.73 Å². The minimum absolute atomic E-state index is 0.280. The van der Waals surface area contributed by atoms with Crippen LogP contribution in [0, 0.1) is 0 Å². The smallest absolute Gasteiger partial charge is 0.267 e. The molecule has 0 saturated heterocycles. The van der Waals surface area contributed by atoms with Gasteiger partial charge < -0.3 is 5.73 Å². The molecule has 5 heteroatoms. The Morgan fingerprint density at radius 3 is 2.57 bits per heavy atom. The molecule has 3 aromatic rings. The Bertz CT molecular complexity index is 821. The van der Waals surface area contributed by atoms with Crippen LogP contribution in [0.15, 0.2) is 42.5 Å². The summed E-state index contributed by atoms with van der Waals surface area (Å²) >= 11 is 6.09. The SMILES string of the molecule is CCc1ccc(-c2ccc3c(Cl)cc(C(N)=O)n3n2)cc1. The van der Waals surface area contributed by atoms with Gasteiger partial charge in [0.25, 0.3) is 5.91 Å². The van der Waals surface area contributed by atoms with Gasteiger partial charge in [0, 0.05) is 5.56 Å². The molecule has 2 N–H and O–H groups in total. The number of aromatic nitrogens is 2. The zero-order valence-corrected chi connectivity index (χ0v) is 12.3. The van der Waals surface area contributed by atoms with Crippen LogP contribution in [0.1, 0.15) is 23.0 Å². The molecular formula is C16H14ClN3O. The molecule has 2 aromatic heterocycles. The maximum atomic E-state index is 11.5. The first-order chi connectivity index (χ1) is 10.1. The Balaban J connectivity index is 2.15. The van der Waals surface area contributed by atoms with Gasteiger partial charge in [-0.05, 0) is 30.2 Å². The topological polar surface area (TPSA) is 60.4 Å². The van der Waals surface area contributed by atoms with Crippen LogP contribution in [0.2, 0.25) is 5.02 Å². The number of amides is 1. The van der Waals surface area contributed by atoms with Crippen molar-refractivity contribution in [2.24, 2.45) is 5.73 Å². The molecule has 0 spiro atoms. The fraction of sp³-hybridized carbons (Fsp3) is 0.125. The third kappa shape index (κ3) is 2.38. The predicted octanol–water partition coefficient (Wildman–Crippen LogP) is 3.32. The van der Waals surface area contributed by atoms with Gasteiger partial charge in [-0.2, -0.15) is 5.10 Å². The minimum Gasteiger partial charge on any atom is -0.364 e. The summed E-state index contributed by atoms with van der Waals surface area (Å²) in [6.45, 7) is 2.11. The number of fused-ring (bicyclic) bond motifs is 1. The van der Waals surface area contributed by atoms with E-state index < -0.39 is 5.91 Å². The summed E-state index contributed by atoms with van der Waals surface area (Å²) in [6.07, 6.45) is 0.992. The summed E-state index contributed by atoms with van der Waals surface area (Å²) in [6, 6.07) is 13.4. The van der Waals surface area contributed by atoms with Gasteiger partial charge in [0.15, 0.2) is 0 Å². The lowest BCUT2D eigenvalue weighted by Crippen LogP contribution is -2.14. The van der Waals surface area contributed by atoms with Gasteiger partial charge in [-0.25, -0.2) is 4.52 Å². The number of carbonyl (C=O) groups excluding carboxylic acids is 1. The van der Waals surface area contributed by atoms with Crippen molar-refractivity contribution in [1.82, 2.24) is 9.61 Å². The van der Waals surface area contributed by atoms with Crippen LogP contribution in [-0.2, 0) is 6.42 Å². The highest BCUT2D eigenvalue weighted by Gasteiger charge is 2.13.